The lowest BCUT2D eigenvalue weighted by Gasteiger charge is -2.18. The van der Waals surface area contributed by atoms with Crippen molar-refractivity contribution >= 4 is 45.4 Å². The Morgan fingerprint density at radius 3 is 1.18 bits per heavy atom. The summed E-state index contributed by atoms with van der Waals surface area (Å²) in [4.78, 5) is 48.7. The van der Waals surface area contributed by atoms with Gasteiger partial charge in [0.2, 0.25) is 0 Å². The van der Waals surface area contributed by atoms with Crippen LogP contribution in [0.15, 0.2) is 84.9 Å². The third-order valence-electron chi connectivity index (χ3n) is 6.53. The molecule has 2 aliphatic heterocycles. The molecule has 5 aromatic rings. The first kappa shape index (κ1) is 21.8. The Balaban J connectivity index is 1.20. The summed E-state index contributed by atoms with van der Waals surface area (Å²) in [7, 11) is 0. The van der Waals surface area contributed by atoms with Crippen molar-refractivity contribution < 1.29 is 38.1 Å². The highest BCUT2D eigenvalue weighted by atomic mass is 16.6. The SMILES string of the molecule is O=C1OC(=O)c2ccc(Oc3ccc(Oc4ccc5c6c(cccc46)C(=O)OC5=O)cc3)c3cccc1c23. The van der Waals surface area contributed by atoms with Gasteiger partial charge >= 0.3 is 23.9 Å². The van der Waals surface area contributed by atoms with Crippen LogP contribution in [-0.4, -0.2) is 23.9 Å². The predicted octanol–water partition coefficient (Wildman–Crippen LogP) is 6.20. The number of hydrogen-bond donors (Lipinski definition) is 0. The van der Waals surface area contributed by atoms with Crippen molar-refractivity contribution in [3.63, 3.8) is 0 Å². The first-order valence-electron chi connectivity index (χ1n) is 11.6. The minimum atomic E-state index is -0.688. The molecule has 0 fully saturated rings. The van der Waals surface area contributed by atoms with Crippen molar-refractivity contribution in [1.29, 1.82) is 0 Å². The van der Waals surface area contributed by atoms with Crippen molar-refractivity contribution in [2.75, 3.05) is 0 Å². The summed E-state index contributed by atoms with van der Waals surface area (Å²) in [5.74, 6) is -0.790. The summed E-state index contributed by atoms with van der Waals surface area (Å²) in [5.41, 5.74) is 1.23. The Bertz CT molecular complexity index is 1710. The summed E-state index contributed by atoms with van der Waals surface area (Å²) in [6.07, 6.45) is 0. The van der Waals surface area contributed by atoms with Crippen molar-refractivity contribution in [3.05, 3.63) is 107 Å². The molecule has 8 nitrogen and oxygen atoms in total. The zero-order valence-electron chi connectivity index (χ0n) is 19.3. The minimum absolute atomic E-state index is 0.308. The summed E-state index contributed by atoms with van der Waals surface area (Å²) >= 11 is 0. The van der Waals surface area contributed by atoms with Crippen LogP contribution in [0, 0.1) is 0 Å². The van der Waals surface area contributed by atoms with E-state index in [2.05, 4.69) is 0 Å². The van der Waals surface area contributed by atoms with Gasteiger partial charge in [-0.25, -0.2) is 19.2 Å². The molecule has 5 aromatic carbocycles. The van der Waals surface area contributed by atoms with Gasteiger partial charge in [-0.15, -0.1) is 0 Å². The molecule has 8 heteroatoms. The molecule has 0 spiro atoms. The van der Waals surface area contributed by atoms with Crippen molar-refractivity contribution in [2.45, 2.75) is 0 Å². The molecule has 38 heavy (non-hydrogen) atoms. The van der Waals surface area contributed by atoms with E-state index in [1.54, 1.807) is 84.9 Å². The van der Waals surface area contributed by atoms with Crippen molar-refractivity contribution in [2.24, 2.45) is 0 Å². The Kier molecular flexibility index (Phi) is 4.58. The van der Waals surface area contributed by atoms with E-state index in [0.717, 1.165) is 0 Å². The van der Waals surface area contributed by atoms with Crippen molar-refractivity contribution in [1.82, 2.24) is 0 Å². The second-order valence-corrected chi connectivity index (χ2v) is 8.71. The Labute approximate surface area is 213 Å². The largest absolute Gasteiger partial charge is 0.457 e. The number of carbonyl (C=O) groups excluding carboxylic acids is 4. The third-order valence-corrected chi connectivity index (χ3v) is 6.53. The Morgan fingerprint density at radius 1 is 0.421 bits per heavy atom. The van der Waals surface area contributed by atoms with Gasteiger partial charge in [0.05, 0.1) is 22.3 Å². The van der Waals surface area contributed by atoms with Gasteiger partial charge in [-0.05, 0) is 60.7 Å². The molecule has 0 aliphatic carbocycles. The molecule has 0 N–H and O–H groups in total. The topological polar surface area (TPSA) is 105 Å². The van der Waals surface area contributed by atoms with E-state index in [9.17, 15) is 19.2 Å². The number of esters is 4. The van der Waals surface area contributed by atoms with Gasteiger partial charge in [-0.2, -0.15) is 0 Å². The molecule has 7 rings (SSSR count). The average Bonchev–Trinajstić information content (AvgIpc) is 2.92. The lowest BCUT2D eigenvalue weighted by molar-refractivity contribution is 0.0373. The van der Waals surface area contributed by atoms with Gasteiger partial charge in [0, 0.05) is 21.5 Å². The van der Waals surface area contributed by atoms with E-state index in [4.69, 9.17) is 18.9 Å². The third kappa shape index (κ3) is 3.24. The summed E-state index contributed by atoms with van der Waals surface area (Å²) in [5, 5.41) is 2.22. The van der Waals surface area contributed by atoms with E-state index in [1.165, 1.54) is 0 Å². The maximum atomic E-state index is 12.2. The number of cyclic esters (lactones) is 4. The van der Waals surface area contributed by atoms with Crippen LogP contribution in [0.5, 0.6) is 23.0 Å². The fourth-order valence-electron chi connectivity index (χ4n) is 4.84. The maximum absolute atomic E-state index is 12.2. The second-order valence-electron chi connectivity index (χ2n) is 8.71. The maximum Gasteiger partial charge on any atom is 0.346 e. The standard InChI is InChI=1S/C30H14O8/c31-27-19-5-1-3-17-23(13-11-21(25(17)19)29(33)37-27)35-15-7-9-16(10-8-15)36-24-14-12-22-26-18(24)4-2-6-20(26)28(32)38-30(22)34/h1-14H. The van der Waals surface area contributed by atoms with Gasteiger partial charge in [-0.1, -0.05) is 24.3 Å². The van der Waals surface area contributed by atoms with Gasteiger partial charge in [-0.3, -0.25) is 0 Å². The fourth-order valence-corrected chi connectivity index (χ4v) is 4.84. The summed E-state index contributed by atoms with van der Waals surface area (Å²) < 4.78 is 21.8. The monoisotopic (exact) mass is 502 g/mol. The van der Waals surface area contributed by atoms with Crippen molar-refractivity contribution in [3.8, 4) is 23.0 Å². The van der Waals surface area contributed by atoms with Crippen LogP contribution in [0.3, 0.4) is 0 Å². The molecule has 0 saturated heterocycles. The molecule has 0 bridgehead atoms. The van der Waals surface area contributed by atoms with E-state index in [-0.39, 0.29) is 0 Å². The van der Waals surface area contributed by atoms with E-state index in [0.29, 0.717) is 66.8 Å². The van der Waals surface area contributed by atoms with Crippen LogP contribution in [0.25, 0.3) is 21.5 Å². The van der Waals surface area contributed by atoms with Crippen LogP contribution < -0.4 is 9.47 Å². The smallest absolute Gasteiger partial charge is 0.346 e. The molecular weight excluding hydrogens is 488 g/mol. The van der Waals surface area contributed by atoms with Crippen LogP contribution >= 0.6 is 0 Å². The highest BCUT2D eigenvalue weighted by molar-refractivity contribution is 6.22. The van der Waals surface area contributed by atoms with E-state index < -0.39 is 23.9 Å². The molecule has 2 heterocycles. The average molecular weight is 502 g/mol. The zero-order valence-corrected chi connectivity index (χ0v) is 19.3. The highest BCUT2D eigenvalue weighted by Crippen LogP contribution is 2.39. The lowest BCUT2D eigenvalue weighted by atomic mass is 9.96. The van der Waals surface area contributed by atoms with Crippen LogP contribution in [0.2, 0.25) is 0 Å². The summed E-state index contributed by atoms with van der Waals surface area (Å²) in [6.45, 7) is 0. The van der Waals surface area contributed by atoms with Crippen LogP contribution in [0.1, 0.15) is 41.4 Å². The molecule has 0 atom stereocenters. The van der Waals surface area contributed by atoms with Crippen LogP contribution in [0.4, 0.5) is 0 Å². The molecular formula is C30H14O8. The number of benzene rings is 5. The first-order chi connectivity index (χ1) is 18.5. The molecule has 0 radical (unpaired) electrons. The normalized spacial score (nSPS) is 13.9. The molecule has 0 amide bonds. The minimum Gasteiger partial charge on any atom is -0.457 e. The molecule has 0 aromatic heterocycles. The number of ether oxygens (including phenoxy) is 4. The number of hydrogen-bond acceptors (Lipinski definition) is 8. The quantitative estimate of drug-likeness (QED) is 0.211. The number of rotatable bonds is 4. The molecule has 0 saturated carbocycles. The van der Waals surface area contributed by atoms with Gasteiger partial charge in [0.15, 0.2) is 0 Å². The first-order valence-corrected chi connectivity index (χ1v) is 11.6. The zero-order chi connectivity index (χ0) is 26.0. The number of carbonyl (C=O) groups is 4. The fraction of sp³-hybridized carbons (Fsp3) is 0. The Hall–Kier alpha value is -5.50. The van der Waals surface area contributed by atoms with Gasteiger partial charge < -0.3 is 18.9 Å². The Morgan fingerprint density at radius 2 is 0.789 bits per heavy atom. The van der Waals surface area contributed by atoms with Gasteiger partial charge in [0.1, 0.15) is 23.0 Å². The molecule has 182 valence electrons. The van der Waals surface area contributed by atoms with Gasteiger partial charge in [0.25, 0.3) is 0 Å². The lowest BCUT2D eigenvalue weighted by Crippen LogP contribution is -2.19. The molecule has 0 unspecified atom stereocenters. The second kappa shape index (κ2) is 8.01. The van der Waals surface area contributed by atoms with Crippen LogP contribution in [-0.2, 0) is 9.47 Å². The summed E-state index contributed by atoms with van der Waals surface area (Å²) in [6, 6.07) is 23.5. The molecule has 2 aliphatic rings. The van der Waals surface area contributed by atoms with E-state index >= 15 is 0 Å². The van der Waals surface area contributed by atoms with E-state index in [1.807, 2.05) is 0 Å². The predicted molar refractivity (Wildman–Crippen MR) is 134 cm³/mol. The highest BCUT2D eigenvalue weighted by Gasteiger charge is 2.29.